The van der Waals surface area contributed by atoms with Gasteiger partial charge in [0, 0.05) is 0 Å². The zero-order valence-corrected chi connectivity index (χ0v) is 11.7. The van der Waals surface area contributed by atoms with E-state index in [-0.39, 0.29) is 4.77 Å². The smallest absolute Gasteiger partial charge is 0.250 e. The summed E-state index contributed by atoms with van der Waals surface area (Å²) < 4.78 is 38.4. The third-order valence-electron chi connectivity index (χ3n) is 2.47. The summed E-state index contributed by atoms with van der Waals surface area (Å²) in [6.07, 6.45) is -1.53. The van der Waals surface area contributed by atoms with Gasteiger partial charge in [-0.1, -0.05) is 36.4 Å². The molecule has 0 aliphatic heterocycles. The summed E-state index contributed by atoms with van der Waals surface area (Å²) in [7, 11) is 0. The molecule has 8 heteroatoms. The maximum Gasteiger partial charge on any atom is 0.453 e. The number of hydrogen-bond donors (Lipinski definition) is 1. The number of benzene rings is 1. The molecule has 0 fully saturated rings. The molecule has 0 bridgehead atoms. The second-order valence-electron chi connectivity index (χ2n) is 4.21. The highest BCUT2D eigenvalue weighted by molar-refractivity contribution is 7.71. The quantitative estimate of drug-likeness (QED) is 0.690. The number of H-pyrrole nitrogens is 1. The molecule has 0 spiro atoms. The third-order valence-corrected chi connectivity index (χ3v) is 2.74. The Morgan fingerprint density at radius 1 is 1.33 bits per heavy atom. The maximum absolute atomic E-state index is 12.7. The van der Waals surface area contributed by atoms with Gasteiger partial charge < -0.3 is 0 Å². The Morgan fingerprint density at radius 2 is 2.00 bits per heavy atom. The van der Waals surface area contributed by atoms with Crippen LogP contribution in [-0.4, -0.2) is 21.1 Å². The molecule has 110 valence electrons. The highest BCUT2D eigenvalue weighted by Gasteiger charge is 2.37. The average molecular weight is 312 g/mol. The lowest BCUT2D eigenvalue weighted by Gasteiger charge is -2.04. The number of nitrogens with one attached hydrogen (secondary N) is 1. The fourth-order valence-corrected chi connectivity index (χ4v) is 1.76. The van der Waals surface area contributed by atoms with Gasteiger partial charge in [-0.2, -0.15) is 22.9 Å². The van der Waals surface area contributed by atoms with Crippen molar-refractivity contribution >= 4 is 24.5 Å². The molecule has 0 atom stereocenters. The number of hydrogen-bond acceptors (Lipinski definition) is 3. The van der Waals surface area contributed by atoms with Crippen LogP contribution in [0.5, 0.6) is 0 Å². The minimum atomic E-state index is -4.62. The van der Waals surface area contributed by atoms with Crippen LogP contribution in [0, 0.1) is 4.77 Å². The van der Waals surface area contributed by atoms with E-state index in [0.717, 1.165) is 5.56 Å². The lowest BCUT2D eigenvalue weighted by atomic mass is 10.1. The van der Waals surface area contributed by atoms with Crippen molar-refractivity contribution in [1.82, 2.24) is 14.9 Å². The second-order valence-corrected chi connectivity index (χ2v) is 4.59. The van der Waals surface area contributed by atoms with Gasteiger partial charge in [-0.05, 0) is 30.3 Å². The summed E-state index contributed by atoms with van der Waals surface area (Å²) in [5.41, 5.74) is 1.60. The lowest BCUT2D eigenvalue weighted by Crippen LogP contribution is -2.12. The predicted octanol–water partition coefficient (Wildman–Crippen LogP) is 3.90. The Kier molecular flexibility index (Phi) is 4.37. The third kappa shape index (κ3) is 3.88. The highest BCUT2D eigenvalue weighted by Crippen LogP contribution is 2.27. The van der Waals surface area contributed by atoms with Crippen molar-refractivity contribution in [2.24, 2.45) is 5.10 Å². The van der Waals surface area contributed by atoms with Crippen molar-refractivity contribution in [3.05, 3.63) is 52.1 Å². The van der Waals surface area contributed by atoms with Crippen molar-refractivity contribution in [2.75, 3.05) is 0 Å². The minimum Gasteiger partial charge on any atom is -0.250 e. The zero-order chi connectivity index (χ0) is 15.5. The summed E-state index contributed by atoms with van der Waals surface area (Å²) in [4.78, 5) is 0. The van der Waals surface area contributed by atoms with Gasteiger partial charge in [0.15, 0.2) is 0 Å². The Balaban J connectivity index is 2.28. The fraction of sp³-hybridized carbons (Fsp3) is 0.154. The second kappa shape index (κ2) is 6.04. The number of rotatable bonds is 3. The van der Waals surface area contributed by atoms with E-state index in [1.165, 1.54) is 6.21 Å². The average Bonchev–Trinajstić information content (AvgIpc) is 2.79. The normalized spacial score (nSPS) is 13.0. The monoisotopic (exact) mass is 312 g/mol. The highest BCUT2D eigenvalue weighted by atomic mass is 32.1. The van der Waals surface area contributed by atoms with E-state index in [2.05, 4.69) is 15.3 Å². The Hall–Kier alpha value is -2.22. The van der Waals surface area contributed by atoms with Crippen LogP contribution in [0.3, 0.4) is 0 Å². The molecule has 4 nitrogen and oxygen atoms in total. The van der Waals surface area contributed by atoms with Gasteiger partial charge in [-0.3, -0.25) is 0 Å². The van der Waals surface area contributed by atoms with E-state index < -0.39 is 12.0 Å². The van der Waals surface area contributed by atoms with Crippen LogP contribution < -0.4 is 0 Å². The lowest BCUT2D eigenvalue weighted by molar-refractivity contribution is -0.147. The molecule has 0 unspecified atom stereocenters. The van der Waals surface area contributed by atoms with Gasteiger partial charge in [-0.15, -0.1) is 5.10 Å². The number of alkyl halides is 3. The van der Waals surface area contributed by atoms with E-state index in [1.807, 2.05) is 30.3 Å². The van der Waals surface area contributed by atoms with Crippen LogP contribution in [0.4, 0.5) is 13.2 Å². The van der Waals surface area contributed by atoms with E-state index in [0.29, 0.717) is 10.2 Å². The van der Waals surface area contributed by atoms with E-state index >= 15 is 0 Å². The summed E-state index contributed by atoms with van der Waals surface area (Å²) >= 11 is 4.74. The van der Waals surface area contributed by atoms with E-state index in [4.69, 9.17) is 12.2 Å². The van der Waals surface area contributed by atoms with E-state index in [1.54, 1.807) is 13.0 Å². The van der Waals surface area contributed by atoms with Gasteiger partial charge in [0.1, 0.15) is 0 Å². The van der Waals surface area contributed by atoms with Crippen LogP contribution >= 0.6 is 12.2 Å². The predicted molar refractivity (Wildman–Crippen MR) is 76.4 cm³/mol. The number of aromatic amines is 1. The first-order valence-corrected chi connectivity index (χ1v) is 6.31. The molecule has 1 aromatic carbocycles. The molecule has 1 heterocycles. The zero-order valence-electron chi connectivity index (χ0n) is 10.9. The van der Waals surface area contributed by atoms with Gasteiger partial charge in [0.2, 0.25) is 4.77 Å². The Bertz CT molecular complexity index is 726. The first kappa shape index (κ1) is 15.2. The van der Waals surface area contributed by atoms with Gasteiger partial charge >= 0.3 is 6.18 Å². The topological polar surface area (TPSA) is 46.0 Å². The van der Waals surface area contributed by atoms with Crippen molar-refractivity contribution < 1.29 is 13.2 Å². The largest absolute Gasteiger partial charge is 0.453 e. The van der Waals surface area contributed by atoms with Crippen molar-refractivity contribution in [2.45, 2.75) is 13.1 Å². The molecule has 2 aromatic rings. The van der Waals surface area contributed by atoms with E-state index in [9.17, 15) is 13.2 Å². The van der Waals surface area contributed by atoms with Crippen LogP contribution in [0.1, 0.15) is 18.3 Å². The minimum absolute atomic E-state index is 0.217. The Morgan fingerprint density at radius 3 is 2.62 bits per heavy atom. The molecule has 21 heavy (non-hydrogen) atoms. The first-order valence-electron chi connectivity index (χ1n) is 5.90. The first-order chi connectivity index (χ1) is 9.88. The summed E-state index contributed by atoms with van der Waals surface area (Å²) in [5, 5.41) is 8.95. The van der Waals surface area contributed by atoms with Gasteiger partial charge in [-0.25, -0.2) is 5.10 Å². The van der Waals surface area contributed by atoms with Crippen LogP contribution in [-0.2, 0) is 6.18 Å². The molecule has 0 aliphatic carbocycles. The molecule has 0 aliphatic rings. The van der Waals surface area contributed by atoms with Crippen molar-refractivity contribution in [1.29, 1.82) is 0 Å². The molecule has 0 saturated heterocycles. The van der Waals surface area contributed by atoms with Gasteiger partial charge in [0.05, 0.1) is 6.21 Å². The number of halogens is 3. The van der Waals surface area contributed by atoms with Crippen LogP contribution in [0.2, 0.25) is 0 Å². The molecule has 1 N–H and O–H groups in total. The summed E-state index contributed by atoms with van der Waals surface area (Å²) in [5.74, 6) is -1.18. The van der Waals surface area contributed by atoms with Gasteiger partial charge in [0.25, 0.3) is 5.82 Å². The number of allylic oxidation sites excluding steroid dienone is 1. The molecule has 0 amide bonds. The van der Waals surface area contributed by atoms with Crippen molar-refractivity contribution in [3.63, 3.8) is 0 Å². The van der Waals surface area contributed by atoms with Crippen molar-refractivity contribution in [3.8, 4) is 0 Å². The Labute approximate surface area is 123 Å². The number of nitrogens with zero attached hydrogens (tertiary/aromatic N) is 3. The summed E-state index contributed by atoms with van der Waals surface area (Å²) in [6, 6.07) is 9.36. The molecule has 0 saturated carbocycles. The molecular weight excluding hydrogens is 301 g/mol. The van der Waals surface area contributed by atoms with Crippen LogP contribution in [0.15, 0.2) is 41.0 Å². The molecule has 2 rings (SSSR count). The molecule has 1 aromatic heterocycles. The molecular formula is C13H11F3N4S. The summed E-state index contributed by atoms with van der Waals surface area (Å²) in [6.45, 7) is 1.73. The van der Waals surface area contributed by atoms with Crippen LogP contribution in [0.25, 0.3) is 6.08 Å². The SMILES string of the molecule is CC(/C=N\n1c(C(F)(F)F)n[nH]c1=S)=C\c1ccccc1. The standard InChI is InChI=1S/C13H11F3N4S/c1-9(7-10-5-3-2-4-6-10)8-17-20-11(13(14,15)16)18-19-12(20)21/h2-8H,1H3,(H,19,21)/b9-7+,17-8-. The molecule has 0 radical (unpaired) electrons. The maximum atomic E-state index is 12.7. The fourth-order valence-electron chi connectivity index (χ4n) is 1.58. The number of aromatic nitrogens is 3.